The Bertz CT molecular complexity index is 684. The van der Waals surface area contributed by atoms with Gasteiger partial charge in [0.15, 0.2) is 0 Å². The van der Waals surface area contributed by atoms with Crippen molar-refractivity contribution in [2.75, 3.05) is 30.3 Å². The van der Waals surface area contributed by atoms with Gasteiger partial charge in [-0.1, -0.05) is 19.1 Å². The predicted octanol–water partition coefficient (Wildman–Crippen LogP) is 3.88. The number of carbonyl (C=O) groups excluding carboxylic acids is 1. The number of amides is 1. The molecule has 5 heteroatoms. The third kappa shape index (κ3) is 2.40. The van der Waals surface area contributed by atoms with Gasteiger partial charge in [-0.25, -0.2) is 4.79 Å². The highest BCUT2D eigenvalue weighted by Gasteiger charge is 2.53. The van der Waals surface area contributed by atoms with Gasteiger partial charge in [-0.05, 0) is 38.8 Å². The van der Waals surface area contributed by atoms with Crippen LogP contribution in [0, 0.1) is 0 Å². The van der Waals surface area contributed by atoms with Crippen molar-refractivity contribution in [3.8, 4) is 0 Å². The molecule has 2 unspecified atom stereocenters. The molecule has 3 heterocycles. The summed E-state index contributed by atoms with van der Waals surface area (Å²) in [6.07, 6.45) is 0.830. The van der Waals surface area contributed by atoms with Gasteiger partial charge < -0.3 is 14.5 Å². The van der Waals surface area contributed by atoms with Crippen LogP contribution >= 0.6 is 11.8 Å². The van der Waals surface area contributed by atoms with Crippen molar-refractivity contribution in [2.45, 2.75) is 56.1 Å². The zero-order chi connectivity index (χ0) is 17.1. The second-order valence-electron chi connectivity index (χ2n) is 8.32. The van der Waals surface area contributed by atoms with Crippen molar-refractivity contribution in [3.63, 3.8) is 0 Å². The number of hydrogen-bond donors (Lipinski definition) is 0. The van der Waals surface area contributed by atoms with Crippen molar-refractivity contribution in [3.05, 3.63) is 23.8 Å². The van der Waals surface area contributed by atoms with Crippen LogP contribution in [0.3, 0.4) is 0 Å². The zero-order valence-corrected chi connectivity index (χ0v) is 15.8. The molecule has 3 aliphatic heterocycles. The third-order valence-corrected chi connectivity index (χ3v) is 6.47. The van der Waals surface area contributed by atoms with Crippen molar-refractivity contribution < 1.29 is 9.53 Å². The maximum absolute atomic E-state index is 12.6. The van der Waals surface area contributed by atoms with E-state index in [-0.39, 0.29) is 11.5 Å². The number of nitrogens with zero attached hydrogens (tertiary/aromatic N) is 2. The number of ether oxygens (including phenoxy) is 1. The number of hydrogen-bond acceptors (Lipinski definition) is 4. The molecular weight excluding hydrogens is 320 g/mol. The molecule has 1 saturated heterocycles. The molecule has 4 rings (SSSR count). The molecule has 1 aromatic rings. The molecule has 0 N–H and O–H groups in total. The minimum atomic E-state index is -0.443. The van der Waals surface area contributed by atoms with Crippen LogP contribution in [0.25, 0.3) is 0 Å². The van der Waals surface area contributed by atoms with Gasteiger partial charge in [-0.2, -0.15) is 0 Å². The Morgan fingerprint density at radius 3 is 2.88 bits per heavy atom. The van der Waals surface area contributed by atoms with Crippen LogP contribution in [0.5, 0.6) is 0 Å². The summed E-state index contributed by atoms with van der Waals surface area (Å²) < 4.78 is 5.62. The van der Waals surface area contributed by atoms with E-state index in [9.17, 15) is 4.79 Å². The maximum Gasteiger partial charge on any atom is 0.410 e. The number of rotatable bonds is 0. The lowest BCUT2D eigenvalue weighted by atomic mass is 9.74. The maximum atomic E-state index is 12.6. The fourth-order valence-corrected chi connectivity index (χ4v) is 5.54. The van der Waals surface area contributed by atoms with Gasteiger partial charge in [-0.15, -0.1) is 11.8 Å². The Hall–Kier alpha value is -1.36. The van der Waals surface area contributed by atoms with Gasteiger partial charge in [0.25, 0.3) is 0 Å². The molecule has 1 fully saturated rings. The van der Waals surface area contributed by atoms with Crippen molar-refractivity contribution >= 4 is 23.5 Å². The molecular formula is C19H26N2O2S. The fraction of sp³-hybridized carbons (Fsp3) is 0.632. The molecule has 0 aromatic heterocycles. The first kappa shape index (κ1) is 16.1. The normalized spacial score (nSPS) is 28.4. The standard InChI is InChI=1S/C19H26N2O2S/c1-18(2,3)23-17(22)20-9-8-15-19(4,12-20)13-6-5-7-14-16(13)21(15)10-11-24-14/h5-7,15H,8-12H2,1-4H3. The van der Waals surface area contributed by atoms with Crippen LogP contribution in [0.2, 0.25) is 0 Å². The molecule has 0 saturated carbocycles. The predicted molar refractivity (Wildman–Crippen MR) is 98.1 cm³/mol. The van der Waals surface area contributed by atoms with Crippen LogP contribution in [-0.2, 0) is 10.2 Å². The second kappa shape index (κ2) is 5.32. The molecule has 1 amide bonds. The zero-order valence-electron chi connectivity index (χ0n) is 15.0. The van der Waals surface area contributed by atoms with E-state index < -0.39 is 5.60 Å². The van der Waals surface area contributed by atoms with E-state index in [1.165, 1.54) is 16.1 Å². The van der Waals surface area contributed by atoms with E-state index in [4.69, 9.17) is 4.74 Å². The van der Waals surface area contributed by atoms with Gasteiger partial charge in [0.2, 0.25) is 0 Å². The summed E-state index contributed by atoms with van der Waals surface area (Å²) in [5, 5.41) is 0. The van der Waals surface area contributed by atoms with Gasteiger partial charge in [-0.3, -0.25) is 0 Å². The van der Waals surface area contributed by atoms with Crippen molar-refractivity contribution in [1.82, 2.24) is 4.90 Å². The summed E-state index contributed by atoms with van der Waals surface area (Å²) in [5.41, 5.74) is 2.38. The number of thioether (sulfide) groups is 1. The van der Waals surface area contributed by atoms with E-state index in [2.05, 4.69) is 30.0 Å². The highest BCUT2D eigenvalue weighted by Crippen LogP contribution is 2.53. The Morgan fingerprint density at radius 2 is 2.12 bits per heavy atom. The molecule has 0 radical (unpaired) electrons. The van der Waals surface area contributed by atoms with Gasteiger partial charge >= 0.3 is 6.09 Å². The summed E-state index contributed by atoms with van der Waals surface area (Å²) in [6.45, 7) is 10.7. The van der Waals surface area contributed by atoms with Gasteiger partial charge in [0.05, 0.1) is 5.69 Å². The number of para-hydroxylation sites is 1. The largest absolute Gasteiger partial charge is 0.444 e. The lowest BCUT2D eigenvalue weighted by Crippen LogP contribution is -2.57. The summed E-state index contributed by atoms with van der Waals surface area (Å²) in [7, 11) is 0. The number of piperidine rings is 1. The van der Waals surface area contributed by atoms with Crippen LogP contribution in [-0.4, -0.2) is 48.0 Å². The Kier molecular flexibility index (Phi) is 3.57. The average Bonchev–Trinajstić information content (AvgIpc) is 2.77. The smallest absolute Gasteiger partial charge is 0.410 e. The third-order valence-electron chi connectivity index (χ3n) is 5.45. The monoisotopic (exact) mass is 346 g/mol. The summed E-state index contributed by atoms with van der Waals surface area (Å²) in [6, 6.07) is 7.16. The van der Waals surface area contributed by atoms with Gasteiger partial charge in [0, 0.05) is 41.7 Å². The van der Waals surface area contributed by atoms with Gasteiger partial charge in [0.1, 0.15) is 5.60 Å². The van der Waals surface area contributed by atoms with E-state index in [1.54, 1.807) is 0 Å². The van der Waals surface area contributed by atoms with E-state index >= 15 is 0 Å². The molecule has 2 atom stereocenters. The summed E-state index contributed by atoms with van der Waals surface area (Å²) in [5.74, 6) is 1.15. The molecule has 4 nitrogen and oxygen atoms in total. The number of benzene rings is 1. The SMILES string of the molecule is CC(C)(C)OC(=O)N1CCC2N3CCSc4cccc(c43)C2(C)C1. The Balaban J connectivity index is 1.66. The minimum absolute atomic E-state index is 0.00853. The van der Waals surface area contributed by atoms with Crippen LogP contribution in [0.15, 0.2) is 23.1 Å². The van der Waals surface area contributed by atoms with E-state index in [0.29, 0.717) is 6.04 Å². The number of carbonyl (C=O) groups is 1. The first-order valence-electron chi connectivity index (χ1n) is 8.80. The Labute approximate surface area is 148 Å². The minimum Gasteiger partial charge on any atom is -0.444 e. The average molecular weight is 346 g/mol. The molecule has 3 aliphatic rings. The molecule has 0 bridgehead atoms. The molecule has 1 aromatic carbocycles. The quantitative estimate of drug-likeness (QED) is 0.714. The number of anilines is 1. The van der Waals surface area contributed by atoms with Crippen LogP contribution in [0.4, 0.5) is 10.5 Å². The molecule has 24 heavy (non-hydrogen) atoms. The first-order valence-corrected chi connectivity index (χ1v) is 9.79. The van der Waals surface area contributed by atoms with Crippen molar-refractivity contribution in [1.29, 1.82) is 0 Å². The molecule has 0 aliphatic carbocycles. The first-order chi connectivity index (χ1) is 11.3. The fourth-order valence-electron chi connectivity index (χ4n) is 4.50. The Morgan fingerprint density at radius 1 is 1.33 bits per heavy atom. The summed E-state index contributed by atoms with van der Waals surface area (Å²) >= 11 is 1.96. The van der Waals surface area contributed by atoms with Crippen molar-refractivity contribution in [2.24, 2.45) is 0 Å². The lowest BCUT2D eigenvalue weighted by Gasteiger charge is -2.45. The van der Waals surface area contributed by atoms with E-state index in [0.717, 1.165) is 31.8 Å². The highest BCUT2D eigenvalue weighted by atomic mass is 32.2. The van der Waals surface area contributed by atoms with Crippen LogP contribution < -0.4 is 4.90 Å². The van der Waals surface area contributed by atoms with E-state index in [1.807, 2.05) is 37.4 Å². The molecule has 0 spiro atoms. The lowest BCUT2D eigenvalue weighted by molar-refractivity contribution is 0.0131. The summed E-state index contributed by atoms with van der Waals surface area (Å²) in [4.78, 5) is 18.5. The molecule has 130 valence electrons. The topological polar surface area (TPSA) is 32.8 Å². The number of likely N-dealkylation sites (tertiary alicyclic amines) is 1. The second-order valence-corrected chi connectivity index (χ2v) is 9.45. The van der Waals surface area contributed by atoms with Crippen LogP contribution in [0.1, 0.15) is 39.7 Å². The highest BCUT2D eigenvalue weighted by molar-refractivity contribution is 7.99. The number of fused-ring (bicyclic) bond motifs is 3.